The summed E-state index contributed by atoms with van der Waals surface area (Å²) in [5.74, 6) is -3.26. The third-order valence-electron chi connectivity index (χ3n) is 4.92. The molecule has 1 amide bonds. The first kappa shape index (κ1) is 18.8. The van der Waals surface area contributed by atoms with Crippen LogP contribution in [0.2, 0.25) is 0 Å². The molecule has 1 aliphatic rings. The van der Waals surface area contributed by atoms with Crippen molar-refractivity contribution in [1.82, 2.24) is 9.47 Å². The van der Waals surface area contributed by atoms with E-state index in [1.165, 1.54) is 29.0 Å². The van der Waals surface area contributed by atoms with Gasteiger partial charge in [-0.05, 0) is 31.0 Å². The number of hydrogen-bond acceptors (Lipinski definition) is 4. The maximum Gasteiger partial charge on any atom is 0.325 e. The number of halogens is 1. The van der Waals surface area contributed by atoms with Crippen molar-refractivity contribution in [3.63, 3.8) is 0 Å². The van der Waals surface area contributed by atoms with Crippen molar-refractivity contribution in [2.45, 2.75) is 37.9 Å². The molecule has 9 heteroatoms. The summed E-state index contributed by atoms with van der Waals surface area (Å²) >= 11 is 0. The largest absolute Gasteiger partial charge is 0.481 e. The zero-order valence-electron chi connectivity index (χ0n) is 14.5. The van der Waals surface area contributed by atoms with Crippen LogP contribution in [0.4, 0.5) is 4.39 Å². The van der Waals surface area contributed by atoms with Crippen LogP contribution in [0, 0.1) is 5.82 Å². The molecule has 1 aliphatic heterocycles. The van der Waals surface area contributed by atoms with Gasteiger partial charge < -0.3 is 20.5 Å². The third-order valence-corrected chi connectivity index (χ3v) is 4.92. The zero-order chi connectivity index (χ0) is 19.7. The highest BCUT2D eigenvalue weighted by atomic mass is 19.1. The number of likely N-dealkylation sites (tertiary alicyclic amines) is 1. The second kappa shape index (κ2) is 7.36. The van der Waals surface area contributed by atoms with E-state index >= 15 is 0 Å². The van der Waals surface area contributed by atoms with Gasteiger partial charge in [-0.15, -0.1) is 0 Å². The van der Waals surface area contributed by atoms with Crippen molar-refractivity contribution in [2.75, 3.05) is 6.54 Å². The lowest BCUT2D eigenvalue weighted by atomic mass is 10.0. The first-order valence-electron chi connectivity index (χ1n) is 8.57. The number of carboxylic acids is 2. The molecular weight excluding hydrogens is 357 g/mol. The summed E-state index contributed by atoms with van der Waals surface area (Å²) in [5.41, 5.74) is 6.22. The molecule has 0 spiro atoms. The summed E-state index contributed by atoms with van der Waals surface area (Å²) in [7, 11) is 0. The quantitative estimate of drug-likeness (QED) is 0.668. The normalized spacial score (nSPS) is 18.6. The van der Waals surface area contributed by atoms with Crippen molar-refractivity contribution >= 4 is 28.7 Å². The number of nitrogens with two attached hydrogens (primary N) is 1. The lowest BCUT2D eigenvalue weighted by Crippen LogP contribution is -2.44. The van der Waals surface area contributed by atoms with Gasteiger partial charge in [-0.1, -0.05) is 0 Å². The Hall–Kier alpha value is -2.94. The molecule has 1 fully saturated rings. The number of fused-ring (bicyclic) bond motifs is 1. The monoisotopic (exact) mass is 377 g/mol. The van der Waals surface area contributed by atoms with Gasteiger partial charge in [0.05, 0.1) is 18.0 Å². The van der Waals surface area contributed by atoms with Gasteiger partial charge in [0.25, 0.3) is 0 Å². The molecule has 0 aliphatic carbocycles. The van der Waals surface area contributed by atoms with Gasteiger partial charge in [-0.2, -0.15) is 0 Å². The molecule has 1 aromatic heterocycles. The van der Waals surface area contributed by atoms with Gasteiger partial charge in [0.15, 0.2) is 0 Å². The van der Waals surface area contributed by atoms with Crippen LogP contribution in [0.3, 0.4) is 0 Å². The molecule has 144 valence electrons. The second-order valence-corrected chi connectivity index (χ2v) is 6.62. The number of aliphatic carboxylic acids is 2. The Labute approximate surface area is 154 Å². The lowest BCUT2D eigenvalue weighted by molar-refractivity contribution is -0.145. The van der Waals surface area contributed by atoms with Gasteiger partial charge in [0.2, 0.25) is 5.91 Å². The molecule has 2 heterocycles. The van der Waals surface area contributed by atoms with Crippen LogP contribution in [-0.4, -0.2) is 50.1 Å². The van der Waals surface area contributed by atoms with E-state index in [2.05, 4.69) is 0 Å². The number of rotatable bonds is 7. The maximum absolute atomic E-state index is 13.7. The average molecular weight is 377 g/mol. The smallest absolute Gasteiger partial charge is 0.325 e. The summed E-state index contributed by atoms with van der Waals surface area (Å²) in [6.07, 6.45) is 2.46. The highest BCUT2D eigenvalue weighted by molar-refractivity contribution is 5.90. The topological polar surface area (TPSA) is 126 Å². The van der Waals surface area contributed by atoms with Crippen molar-refractivity contribution in [1.29, 1.82) is 0 Å². The van der Waals surface area contributed by atoms with Crippen LogP contribution in [-0.2, 0) is 20.9 Å². The van der Waals surface area contributed by atoms with Crippen molar-refractivity contribution in [3.8, 4) is 0 Å². The maximum atomic E-state index is 13.7. The zero-order valence-corrected chi connectivity index (χ0v) is 14.5. The van der Waals surface area contributed by atoms with E-state index in [-0.39, 0.29) is 13.0 Å². The van der Waals surface area contributed by atoms with Crippen LogP contribution in [0.15, 0.2) is 24.4 Å². The fourth-order valence-electron chi connectivity index (χ4n) is 3.77. The summed E-state index contributed by atoms with van der Waals surface area (Å²) in [5, 5.41) is 19.3. The molecule has 27 heavy (non-hydrogen) atoms. The molecule has 0 radical (unpaired) electrons. The van der Waals surface area contributed by atoms with Crippen LogP contribution >= 0.6 is 0 Å². The number of carbonyl (C=O) groups is 3. The van der Waals surface area contributed by atoms with Gasteiger partial charge in [-0.3, -0.25) is 19.3 Å². The number of amides is 1. The number of aromatic nitrogens is 1. The Balaban J connectivity index is 2.11. The SMILES string of the molecule is NC(=O)[C@@H]1CCCN1[C@H](C(=O)O)c1cn(CCC(=O)O)c2cc(F)ccc12. The van der Waals surface area contributed by atoms with Crippen molar-refractivity contribution in [2.24, 2.45) is 5.73 Å². The van der Waals surface area contributed by atoms with E-state index in [1.807, 2.05) is 0 Å². The van der Waals surface area contributed by atoms with Gasteiger partial charge in [0, 0.05) is 30.2 Å². The number of carboxylic acid groups (broad SMARTS) is 2. The van der Waals surface area contributed by atoms with Gasteiger partial charge in [0.1, 0.15) is 11.9 Å². The molecule has 0 saturated carbocycles. The number of hydrogen-bond donors (Lipinski definition) is 3. The van der Waals surface area contributed by atoms with Crippen LogP contribution in [0.25, 0.3) is 10.9 Å². The number of benzene rings is 1. The molecule has 0 bridgehead atoms. The summed E-state index contributed by atoms with van der Waals surface area (Å²) in [6, 6.07) is 2.12. The van der Waals surface area contributed by atoms with E-state index in [1.54, 1.807) is 4.90 Å². The fraction of sp³-hybridized carbons (Fsp3) is 0.389. The fourth-order valence-corrected chi connectivity index (χ4v) is 3.77. The summed E-state index contributed by atoms with van der Waals surface area (Å²) in [4.78, 5) is 36.3. The van der Waals surface area contributed by atoms with E-state index < -0.39 is 35.7 Å². The Morgan fingerprint density at radius 3 is 2.67 bits per heavy atom. The molecule has 2 aromatic rings. The summed E-state index contributed by atoms with van der Waals surface area (Å²) in [6.45, 7) is 0.467. The van der Waals surface area contributed by atoms with E-state index in [0.29, 0.717) is 35.9 Å². The number of aryl methyl sites for hydroxylation is 1. The van der Waals surface area contributed by atoms with Crippen LogP contribution in [0.1, 0.15) is 30.9 Å². The molecule has 8 nitrogen and oxygen atoms in total. The average Bonchev–Trinajstić information content (AvgIpc) is 3.18. The first-order chi connectivity index (χ1) is 12.8. The number of primary amides is 1. The predicted molar refractivity (Wildman–Crippen MR) is 93.4 cm³/mol. The van der Waals surface area contributed by atoms with Crippen molar-refractivity contribution < 1.29 is 29.0 Å². The minimum Gasteiger partial charge on any atom is -0.481 e. The highest BCUT2D eigenvalue weighted by Crippen LogP contribution is 2.35. The minimum absolute atomic E-state index is 0.0703. The van der Waals surface area contributed by atoms with E-state index in [9.17, 15) is 23.9 Å². The third kappa shape index (κ3) is 3.63. The molecule has 0 unspecified atom stereocenters. The Morgan fingerprint density at radius 2 is 2.04 bits per heavy atom. The lowest BCUT2D eigenvalue weighted by Gasteiger charge is -2.28. The molecule has 3 rings (SSSR count). The predicted octanol–water partition coefficient (Wildman–Crippen LogP) is 1.33. The molecular formula is C18H20FN3O5. The first-order valence-corrected chi connectivity index (χ1v) is 8.57. The number of carbonyl (C=O) groups excluding carboxylic acids is 1. The van der Waals surface area contributed by atoms with E-state index in [0.717, 1.165) is 0 Å². The minimum atomic E-state index is -1.15. The van der Waals surface area contributed by atoms with Crippen LogP contribution < -0.4 is 5.73 Å². The second-order valence-electron chi connectivity index (χ2n) is 6.62. The van der Waals surface area contributed by atoms with Crippen LogP contribution in [0.5, 0.6) is 0 Å². The Morgan fingerprint density at radius 1 is 1.30 bits per heavy atom. The van der Waals surface area contributed by atoms with Gasteiger partial charge in [-0.25, -0.2) is 4.39 Å². The molecule has 4 N–H and O–H groups in total. The summed E-state index contributed by atoms with van der Waals surface area (Å²) < 4.78 is 15.3. The Kier molecular flexibility index (Phi) is 5.13. The van der Waals surface area contributed by atoms with Crippen molar-refractivity contribution in [3.05, 3.63) is 35.8 Å². The molecule has 2 atom stereocenters. The van der Waals surface area contributed by atoms with E-state index in [4.69, 9.17) is 10.8 Å². The highest BCUT2D eigenvalue weighted by Gasteiger charge is 2.39. The standard InChI is InChI=1S/C18H20FN3O5/c19-10-3-4-11-12(9-21(14(11)8-10)7-5-15(23)24)16(18(26)27)22-6-1-2-13(22)17(20)25/h3-4,8-9,13,16H,1-2,5-7H2,(H2,20,25)(H,23,24)(H,26,27)/t13-,16-/m0/s1. The van der Waals surface area contributed by atoms with Gasteiger partial charge >= 0.3 is 11.9 Å². The Bertz CT molecular complexity index is 910. The molecule has 1 aromatic carbocycles. The number of nitrogens with zero attached hydrogens (tertiary/aromatic N) is 2. The molecule has 1 saturated heterocycles.